The number of hydrogen-bond acceptors (Lipinski definition) is 7. The van der Waals surface area contributed by atoms with Gasteiger partial charge in [-0.25, -0.2) is 4.79 Å². The molecule has 1 saturated heterocycles. The first-order valence-corrected chi connectivity index (χ1v) is 10.8. The quantitative estimate of drug-likeness (QED) is 0.369. The van der Waals surface area contributed by atoms with Crippen LogP contribution in [0.3, 0.4) is 0 Å². The number of nitrogens with one attached hydrogen (secondary N) is 2. The van der Waals surface area contributed by atoms with Gasteiger partial charge < -0.3 is 0 Å². The van der Waals surface area contributed by atoms with Crippen molar-refractivity contribution in [1.29, 1.82) is 0 Å². The van der Waals surface area contributed by atoms with Crippen LogP contribution in [0.5, 0.6) is 0 Å². The summed E-state index contributed by atoms with van der Waals surface area (Å²) < 4.78 is 0.200. The van der Waals surface area contributed by atoms with Gasteiger partial charge >= 0.3 is 6.03 Å². The van der Waals surface area contributed by atoms with Crippen LogP contribution < -0.4 is 10.6 Å². The Bertz CT molecular complexity index is 956. The van der Waals surface area contributed by atoms with E-state index in [1.165, 1.54) is 0 Å². The molecule has 0 saturated carbocycles. The summed E-state index contributed by atoms with van der Waals surface area (Å²) in [4.78, 5) is 60.7. The van der Waals surface area contributed by atoms with Crippen molar-refractivity contribution in [3.63, 3.8) is 0 Å². The van der Waals surface area contributed by atoms with Crippen LogP contribution in [0.4, 0.5) is 4.79 Å². The SMILES string of the molecule is O=C1NC(=O)C(=C(SCC(=O)c2ccccc2)SCC(=O)c2ccccc2)C(=O)N1. The van der Waals surface area contributed by atoms with Crippen molar-refractivity contribution in [2.24, 2.45) is 0 Å². The number of urea groups is 1. The van der Waals surface area contributed by atoms with Crippen LogP contribution in [0.1, 0.15) is 20.7 Å². The summed E-state index contributed by atoms with van der Waals surface area (Å²) in [7, 11) is 0. The first-order valence-electron chi connectivity index (χ1n) is 8.78. The van der Waals surface area contributed by atoms with Crippen molar-refractivity contribution >= 4 is 52.9 Å². The normalized spacial score (nSPS) is 13.5. The molecule has 0 aromatic heterocycles. The van der Waals surface area contributed by atoms with Crippen LogP contribution in [0, 0.1) is 0 Å². The van der Waals surface area contributed by atoms with Crippen molar-refractivity contribution in [3.8, 4) is 0 Å². The first kappa shape index (κ1) is 21.5. The largest absolute Gasteiger partial charge is 0.328 e. The molecule has 4 amide bonds. The van der Waals surface area contributed by atoms with Gasteiger partial charge in [-0.2, -0.15) is 0 Å². The van der Waals surface area contributed by atoms with Crippen LogP contribution >= 0.6 is 23.5 Å². The number of Topliss-reactive ketones (excluding diaryl/α,β-unsaturated/α-hetero) is 2. The van der Waals surface area contributed by atoms with Crippen LogP contribution in [-0.2, 0) is 9.59 Å². The van der Waals surface area contributed by atoms with E-state index in [1.807, 2.05) is 10.6 Å². The standard InChI is InChI=1S/C21H16N2O5S2/c24-15(13-7-3-1-4-8-13)11-29-20(17-18(26)22-21(28)23-19(17)27)30-12-16(25)14-9-5-2-6-10-14/h1-10H,11-12H2,(H2,22,23,26,27,28). The molecule has 9 heteroatoms. The van der Waals surface area contributed by atoms with Crippen LogP contribution in [0.2, 0.25) is 0 Å². The minimum atomic E-state index is -0.913. The number of carbonyl (C=O) groups excluding carboxylic acids is 5. The van der Waals surface area contributed by atoms with Crippen LogP contribution in [0.15, 0.2) is 70.5 Å². The molecule has 2 aromatic carbocycles. The number of barbiturate groups is 1. The monoisotopic (exact) mass is 440 g/mol. The van der Waals surface area contributed by atoms with Gasteiger partial charge in [0.25, 0.3) is 11.8 Å². The number of benzene rings is 2. The predicted molar refractivity (Wildman–Crippen MR) is 115 cm³/mol. The lowest BCUT2D eigenvalue weighted by Crippen LogP contribution is -2.51. The van der Waals surface area contributed by atoms with E-state index in [0.29, 0.717) is 11.1 Å². The Balaban J connectivity index is 1.79. The zero-order valence-electron chi connectivity index (χ0n) is 15.5. The van der Waals surface area contributed by atoms with Gasteiger partial charge in [0.05, 0.1) is 15.7 Å². The molecule has 1 heterocycles. The number of carbonyl (C=O) groups is 5. The fourth-order valence-electron chi connectivity index (χ4n) is 2.51. The van der Waals surface area contributed by atoms with Crippen molar-refractivity contribution in [1.82, 2.24) is 10.6 Å². The van der Waals surface area contributed by atoms with E-state index in [1.54, 1.807) is 60.7 Å². The Labute approximate surface area is 180 Å². The van der Waals surface area contributed by atoms with Gasteiger partial charge in [-0.1, -0.05) is 60.7 Å². The van der Waals surface area contributed by atoms with Gasteiger partial charge in [0.1, 0.15) is 5.57 Å². The van der Waals surface area contributed by atoms with E-state index >= 15 is 0 Å². The summed E-state index contributed by atoms with van der Waals surface area (Å²) >= 11 is 1.97. The van der Waals surface area contributed by atoms with Crippen LogP contribution in [-0.4, -0.2) is 40.9 Å². The minimum Gasteiger partial charge on any atom is -0.293 e. The average Bonchev–Trinajstić information content (AvgIpc) is 2.75. The molecule has 0 radical (unpaired) electrons. The highest BCUT2D eigenvalue weighted by Gasteiger charge is 2.32. The number of rotatable bonds is 8. The number of imide groups is 2. The Kier molecular flexibility index (Phi) is 7.21. The van der Waals surface area contributed by atoms with E-state index in [-0.39, 0.29) is 32.9 Å². The topological polar surface area (TPSA) is 109 Å². The Hall–Kier alpha value is -3.17. The molecule has 0 bridgehead atoms. The zero-order chi connectivity index (χ0) is 21.5. The fraction of sp³-hybridized carbons (Fsp3) is 0.0952. The lowest BCUT2D eigenvalue weighted by molar-refractivity contribution is -0.124. The third-order valence-electron chi connectivity index (χ3n) is 3.97. The van der Waals surface area contributed by atoms with Crippen molar-refractivity contribution < 1.29 is 24.0 Å². The molecule has 0 atom stereocenters. The maximum atomic E-state index is 12.4. The molecule has 152 valence electrons. The summed E-state index contributed by atoms with van der Waals surface area (Å²) in [6.45, 7) is 0. The van der Waals surface area contributed by atoms with Gasteiger partial charge in [0.15, 0.2) is 11.6 Å². The van der Waals surface area contributed by atoms with E-state index < -0.39 is 17.8 Å². The summed E-state index contributed by atoms with van der Waals surface area (Å²) in [6, 6.07) is 16.3. The second-order valence-corrected chi connectivity index (χ2v) is 8.29. The van der Waals surface area contributed by atoms with Gasteiger partial charge in [0, 0.05) is 11.1 Å². The molecule has 1 aliphatic rings. The molecular formula is C21H16N2O5S2. The highest BCUT2D eigenvalue weighted by atomic mass is 32.2. The molecule has 7 nitrogen and oxygen atoms in total. The number of ketones is 2. The van der Waals surface area contributed by atoms with Crippen molar-refractivity contribution in [3.05, 3.63) is 81.6 Å². The maximum absolute atomic E-state index is 12.4. The molecule has 3 rings (SSSR count). The molecule has 1 fully saturated rings. The molecule has 2 aromatic rings. The molecule has 0 spiro atoms. The molecule has 1 aliphatic heterocycles. The van der Waals surface area contributed by atoms with E-state index in [9.17, 15) is 24.0 Å². The summed E-state index contributed by atoms with van der Waals surface area (Å²) in [5.74, 6) is -2.19. The summed E-state index contributed by atoms with van der Waals surface area (Å²) in [5, 5.41) is 4.03. The second kappa shape index (κ2) is 10.0. The van der Waals surface area contributed by atoms with E-state index in [0.717, 1.165) is 23.5 Å². The third-order valence-corrected chi connectivity index (χ3v) is 6.43. The highest BCUT2D eigenvalue weighted by molar-refractivity contribution is 8.22. The van der Waals surface area contributed by atoms with Gasteiger partial charge in [-0.05, 0) is 0 Å². The minimum absolute atomic E-state index is 0.0378. The van der Waals surface area contributed by atoms with Crippen molar-refractivity contribution in [2.75, 3.05) is 11.5 Å². The zero-order valence-corrected chi connectivity index (χ0v) is 17.2. The summed E-state index contributed by atoms with van der Waals surface area (Å²) in [6.07, 6.45) is 0. The van der Waals surface area contributed by atoms with Gasteiger partial charge in [-0.3, -0.25) is 29.8 Å². The van der Waals surface area contributed by atoms with Gasteiger partial charge in [0.2, 0.25) is 0 Å². The smallest absolute Gasteiger partial charge is 0.293 e. The Morgan fingerprint density at radius 1 is 0.667 bits per heavy atom. The van der Waals surface area contributed by atoms with Gasteiger partial charge in [-0.15, -0.1) is 23.5 Å². The molecule has 0 aliphatic carbocycles. The van der Waals surface area contributed by atoms with E-state index in [4.69, 9.17) is 0 Å². The summed E-state index contributed by atoms with van der Waals surface area (Å²) in [5.41, 5.74) is 0.700. The lowest BCUT2D eigenvalue weighted by Gasteiger charge is -2.17. The predicted octanol–water partition coefficient (Wildman–Crippen LogP) is 2.80. The third kappa shape index (κ3) is 5.46. The highest BCUT2D eigenvalue weighted by Crippen LogP contribution is 2.33. The molecule has 30 heavy (non-hydrogen) atoms. The van der Waals surface area contributed by atoms with Crippen LogP contribution in [0.25, 0.3) is 0 Å². The van der Waals surface area contributed by atoms with E-state index in [2.05, 4.69) is 0 Å². The molecule has 0 unspecified atom stereocenters. The van der Waals surface area contributed by atoms with Crippen molar-refractivity contribution in [2.45, 2.75) is 0 Å². The Morgan fingerprint density at radius 2 is 1.07 bits per heavy atom. The number of hydrogen-bond donors (Lipinski definition) is 2. The average molecular weight is 441 g/mol. The lowest BCUT2D eigenvalue weighted by atomic mass is 10.2. The Morgan fingerprint density at radius 3 is 1.47 bits per heavy atom. The number of thioether (sulfide) groups is 2. The maximum Gasteiger partial charge on any atom is 0.328 e. The second-order valence-electron chi connectivity index (χ2n) is 6.06. The number of amides is 4. The molecular weight excluding hydrogens is 424 g/mol. The first-order chi connectivity index (χ1) is 14.5. The molecule has 2 N–H and O–H groups in total. The fourth-order valence-corrected chi connectivity index (χ4v) is 4.72.